The van der Waals surface area contributed by atoms with Crippen LogP contribution in [0.2, 0.25) is 0 Å². The molecule has 0 spiro atoms. The van der Waals surface area contributed by atoms with Crippen LogP contribution >= 0.6 is 7.82 Å². The van der Waals surface area contributed by atoms with Gasteiger partial charge in [-0.2, -0.15) is 0 Å². The number of hydrogen-bond donors (Lipinski definition) is 3. The van der Waals surface area contributed by atoms with Gasteiger partial charge in [0.25, 0.3) is 0 Å². The van der Waals surface area contributed by atoms with Gasteiger partial charge in [-0.15, -0.1) is 0 Å². The highest BCUT2D eigenvalue weighted by atomic mass is 31.2. The Bertz CT molecular complexity index is 1820. The van der Waals surface area contributed by atoms with E-state index in [1.807, 2.05) is 27.2 Å². The number of likely N-dealkylation sites (N-methyl/N-ethyl adjacent to an activating group) is 1. The van der Waals surface area contributed by atoms with Crippen LogP contribution in [0.1, 0.15) is 341 Å². The summed E-state index contributed by atoms with van der Waals surface area (Å²) >= 11 is 0. The van der Waals surface area contributed by atoms with Gasteiger partial charge in [-0.1, -0.05) is 348 Å². The second-order valence-electron chi connectivity index (χ2n) is 26.6. The summed E-state index contributed by atoms with van der Waals surface area (Å²) < 4.78 is 23.8. The number of unbranched alkanes of at least 4 members (excludes halogenated alkanes) is 40. The van der Waals surface area contributed by atoms with E-state index in [9.17, 15) is 19.4 Å². The Kier molecular flexibility index (Phi) is 67.3. The third kappa shape index (κ3) is 72.4. The summed E-state index contributed by atoms with van der Waals surface area (Å²) in [5.41, 5.74) is 0. The molecule has 8 nitrogen and oxygen atoms in total. The van der Waals surface area contributed by atoms with Crippen molar-refractivity contribution in [1.29, 1.82) is 0 Å². The van der Waals surface area contributed by atoms with Crippen molar-refractivity contribution in [2.75, 3.05) is 40.9 Å². The normalized spacial score (nSPS) is 14.2. The summed E-state index contributed by atoms with van der Waals surface area (Å²) in [6.07, 6.45) is 103. The molecule has 3 unspecified atom stereocenters. The molecule has 0 radical (unpaired) electrons. The van der Waals surface area contributed by atoms with E-state index in [1.54, 1.807) is 6.08 Å². The number of aliphatic hydroxyl groups is 1. The average molecular weight is 1260 g/mol. The number of phosphoric ester groups is 1. The van der Waals surface area contributed by atoms with E-state index < -0.39 is 20.0 Å². The van der Waals surface area contributed by atoms with Crippen LogP contribution in [0.5, 0.6) is 0 Å². The molecule has 516 valence electrons. The molecule has 3 atom stereocenters. The SMILES string of the molecule is CC/C=C\C/C=C\C/C=C\C/C=C\C/C=C\C/C=C\CCCCCCCCCCCCCCCCCCC(=O)NC(COP(=O)(O)OCC[N+](C)(C)C)C(O)/C=C/CC/C=C/CC/C=C/CCCCCCCCCCCCCCCCCCCCCCCC. The fourth-order valence-electron chi connectivity index (χ4n) is 10.9. The van der Waals surface area contributed by atoms with Crippen LogP contribution in [-0.4, -0.2) is 73.4 Å². The molecule has 0 aromatic carbocycles. The van der Waals surface area contributed by atoms with Gasteiger partial charge in [-0.05, 0) is 96.3 Å². The second-order valence-corrected chi connectivity index (χ2v) is 28.1. The number of amides is 1. The molecule has 0 saturated carbocycles. The van der Waals surface area contributed by atoms with Crippen molar-refractivity contribution in [3.05, 3.63) is 109 Å². The highest BCUT2D eigenvalue weighted by Gasteiger charge is 2.28. The van der Waals surface area contributed by atoms with Crippen LogP contribution in [0, 0.1) is 0 Å². The van der Waals surface area contributed by atoms with Crippen LogP contribution in [-0.2, 0) is 18.4 Å². The Morgan fingerprint density at radius 3 is 1.03 bits per heavy atom. The lowest BCUT2D eigenvalue weighted by atomic mass is 10.0. The van der Waals surface area contributed by atoms with Gasteiger partial charge in [0.2, 0.25) is 5.91 Å². The van der Waals surface area contributed by atoms with Crippen LogP contribution in [0.15, 0.2) is 109 Å². The monoisotopic (exact) mass is 1260 g/mol. The molecule has 0 rings (SSSR count). The zero-order chi connectivity index (χ0) is 64.8. The number of rotatable bonds is 69. The van der Waals surface area contributed by atoms with Gasteiger partial charge in [0.05, 0.1) is 39.9 Å². The van der Waals surface area contributed by atoms with E-state index in [0.717, 1.165) is 83.5 Å². The van der Waals surface area contributed by atoms with Crippen LogP contribution in [0.3, 0.4) is 0 Å². The van der Waals surface area contributed by atoms with Gasteiger partial charge in [0, 0.05) is 6.42 Å². The predicted octanol–water partition coefficient (Wildman–Crippen LogP) is 24.6. The molecule has 0 fully saturated rings. The summed E-state index contributed by atoms with van der Waals surface area (Å²) in [5, 5.41) is 14.0. The van der Waals surface area contributed by atoms with Gasteiger partial charge < -0.3 is 19.8 Å². The van der Waals surface area contributed by atoms with Crippen molar-refractivity contribution in [3.8, 4) is 0 Å². The molecule has 0 aliphatic carbocycles. The topological polar surface area (TPSA) is 105 Å². The maximum absolute atomic E-state index is 13.1. The van der Waals surface area contributed by atoms with Gasteiger partial charge >= 0.3 is 7.82 Å². The molecule has 0 aromatic heterocycles. The zero-order valence-electron chi connectivity index (χ0n) is 59.2. The number of carbonyl (C=O) groups is 1. The summed E-state index contributed by atoms with van der Waals surface area (Å²) in [4.78, 5) is 23.5. The van der Waals surface area contributed by atoms with E-state index in [2.05, 4.69) is 116 Å². The van der Waals surface area contributed by atoms with E-state index in [4.69, 9.17) is 9.05 Å². The van der Waals surface area contributed by atoms with Crippen molar-refractivity contribution in [1.82, 2.24) is 5.32 Å². The largest absolute Gasteiger partial charge is 0.472 e. The molecule has 0 aliphatic heterocycles. The standard InChI is InChI=1S/C80H145N2O6P/c1-6-8-10-12-14-16-18-20-22-24-26-28-30-32-34-36-38-40-41-42-44-46-48-50-52-54-56-58-60-62-64-66-68-70-72-74-80(84)81-78(77-88-89(85,86)87-76-75-82(3,4)5)79(83)73-71-69-67-65-63-61-59-57-55-53-51-49-47-45-43-39-37-35-33-31-29-27-25-23-21-19-17-15-13-11-9-7-2/h8,10,14,16,20,22,26,28,32,34,38,40,55,57,63,65,71,73,78-79,83H,6-7,9,11-13,15,17-19,21,23-25,27,29-31,33,35-37,39,41-54,56,58-62,64,66-70,72,74-77H2,1-5H3,(H-,81,84,85,86)/p+1/b10-8-,16-14-,22-20-,28-26-,34-32-,40-38-,57-55+,65-63+,73-71+. The molecular weight excluding hydrogens is 1120 g/mol. The molecule has 3 N–H and O–H groups in total. The molecule has 0 heterocycles. The van der Waals surface area contributed by atoms with Gasteiger partial charge in [0.15, 0.2) is 0 Å². The fraction of sp³-hybridized carbons (Fsp3) is 0.762. The third-order valence-electron chi connectivity index (χ3n) is 16.7. The van der Waals surface area contributed by atoms with Crippen LogP contribution in [0.25, 0.3) is 0 Å². The van der Waals surface area contributed by atoms with Gasteiger partial charge in [0.1, 0.15) is 13.2 Å². The van der Waals surface area contributed by atoms with Crippen LogP contribution < -0.4 is 5.32 Å². The second kappa shape index (κ2) is 69.5. The lowest BCUT2D eigenvalue weighted by Gasteiger charge is -2.25. The summed E-state index contributed by atoms with van der Waals surface area (Å²) in [6.45, 7) is 4.71. The minimum Gasteiger partial charge on any atom is -0.387 e. The first kappa shape index (κ1) is 86.2. The number of hydrogen-bond acceptors (Lipinski definition) is 5. The van der Waals surface area contributed by atoms with Crippen molar-refractivity contribution >= 4 is 13.7 Å². The number of nitrogens with one attached hydrogen (secondary N) is 1. The molecule has 89 heavy (non-hydrogen) atoms. The van der Waals surface area contributed by atoms with Crippen molar-refractivity contribution in [2.45, 2.75) is 353 Å². The van der Waals surface area contributed by atoms with Crippen molar-refractivity contribution in [2.24, 2.45) is 0 Å². The minimum atomic E-state index is -4.37. The number of carbonyl (C=O) groups excluding carboxylic acids is 1. The lowest BCUT2D eigenvalue weighted by molar-refractivity contribution is -0.870. The Balaban J connectivity index is 4.09. The highest BCUT2D eigenvalue weighted by molar-refractivity contribution is 7.47. The quantitative estimate of drug-likeness (QED) is 0.0243. The smallest absolute Gasteiger partial charge is 0.387 e. The minimum absolute atomic E-state index is 0.0503. The first-order chi connectivity index (χ1) is 43.5. The van der Waals surface area contributed by atoms with Crippen LogP contribution in [0.4, 0.5) is 0 Å². The van der Waals surface area contributed by atoms with E-state index in [-0.39, 0.29) is 19.1 Å². The van der Waals surface area contributed by atoms with Crippen molar-refractivity contribution < 1.29 is 32.9 Å². The molecule has 9 heteroatoms. The Morgan fingerprint density at radius 1 is 0.393 bits per heavy atom. The fourth-order valence-corrected chi connectivity index (χ4v) is 11.6. The number of phosphoric acid groups is 1. The van der Waals surface area contributed by atoms with Crippen molar-refractivity contribution in [3.63, 3.8) is 0 Å². The summed E-state index contributed by atoms with van der Waals surface area (Å²) in [6, 6.07) is -0.878. The third-order valence-corrected chi connectivity index (χ3v) is 17.7. The predicted molar refractivity (Wildman–Crippen MR) is 392 cm³/mol. The average Bonchev–Trinajstić information content (AvgIpc) is 3.64. The Morgan fingerprint density at radius 2 is 0.685 bits per heavy atom. The summed E-state index contributed by atoms with van der Waals surface area (Å²) in [5.74, 6) is -0.190. The molecule has 0 aliphatic rings. The molecular formula is C80H146N2O6P+. The molecule has 0 aromatic rings. The Labute approximate surface area is 552 Å². The maximum atomic E-state index is 13.1. The number of nitrogens with zero attached hydrogens (tertiary/aromatic N) is 1. The Hall–Kier alpha value is -2.84. The molecule has 0 saturated heterocycles. The first-order valence-electron chi connectivity index (χ1n) is 37.8. The van der Waals surface area contributed by atoms with E-state index in [0.29, 0.717) is 17.4 Å². The van der Waals surface area contributed by atoms with E-state index >= 15 is 0 Å². The number of allylic oxidation sites excluding steroid dienone is 17. The zero-order valence-corrected chi connectivity index (χ0v) is 60.0. The number of quaternary nitrogens is 1. The lowest BCUT2D eigenvalue weighted by Crippen LogP contribution is -2.45. The highest BCUT2D eigenvalue weighted by Crippen LogP contribution is 2.43. The molecule has 1 amide bonds. The number of aliphatic hydroxyl groups excluding tert-OH is 1. The summed E-state index contributed by atoms with van der Waals surface area (Å²) in [7, 11) is 1.55. The van der Waals surface area contributed by atoms with Gasteiger partial charge in [-0.25, -0.2) is 4.57 Å². The first-order valence-corrected chi connectivity index (χ1v) is 39.3. The maximum Gasteiger partial charge on any atom is 0.472 e. The van der Waals surface area contributed by atoms with Gasteiger partial charge in [-0.3, -0.25) is 13.8 Å². The molecule has 0 bridgehead atoms. The van der Waals surface area contributed by atoms with E-state index in [1.165, 1.54) is 238 Å².